The molecular formula is C15H17ClF2N4O2. The van der Waals surface area contributed by atoms with Crippen LogP contribution in [-0.2, 0) is 9.53 Å². The van der Waals surface area contributed by atoms with Crippen LogP contribution < -0.4 is 5.32 Å². The largest absolute Gasteiger partial charge is 0.464 e. The standard InChI is InChI=1S/C15H17ClF2N4O2/c1-3-15(17,18)8-10(13(23)24-4-2)20-12-11-9(6-5-7-19-11)21-14(16)22-12/h5-7,10H,3-4,8H2,1-2H3,(H,20,21,22)/t10-/m1/s1. The monoisotopic (exact) mass is 358 g/mol. The predicted molar refractivity (Wildman–Crippen MR) is 86.2 cm³/mol. The van der Waals surface area contributed by atoms with Gasteiger partial charge in [0.15, 0.2) is 5.82 Å². The minimum atomic E-state index is -3.02. The maximum absolute atomic E-state index is 13.8. The van der Waals surface area contributed by atoms with Gasteiger partial charge in [-0.3, -0.25) is 4.98 Å². The fourth-order valence-corrected chi connectivity index (χ4v) is 2.26. The van der Waals surface area contributed by atoms with Gasteiger partial charge < -0.3 is 10.1 Å². The van der Waals surface area contributed by atoms with Crippen molar-refractivity contribution < 1.29 is 18.3 Å². The number of ether oxygens (including phenoxy) is 1. The molecule has 0 fully saturated rings. The number of rotatable bonds is 7. The molecule has 0 aromatic carbocycles. The van der Waals surface area contributed by atoms with E-state index in [1.54, 1.807) is 19.1 Å². The summed E-state index contributed by atoms with van der Waals surface area (Å²) in [6.45, 7) is 3.03. The molecule has 1 N–H and O–H groups in total. The molecule has 2 rings (SSSR count). The number of hydrogen-bond donors (Lipinski definition) is 1. The fraction of sp³-hybridized carbons (Fsp3) is 0.467. The van der Waals surface area contributed by atoms with Crippen LogP contribution in [0.1, 0.15) is 26.7 Å². The van der Waals surface area contributed by atoms with Crippen molar-refractivity contribution in [3.8, 4) is 0 Å². The second-order valence-electron chi connectivity index (χ2n) is 5.07. The first-order valence-corrected chi connectivity index (χ1v) is 7.83. The summed E-state index contributed by atoms with van der Waals surface area (Å²) in [5, 5.41) is 2.60. The molecule has 9 heteroatoms. The van der Waals surface area contributed by atoms with Crippen molar-refractivity contribution in [2.45, 2.75) is 38.7 Å². The molecule has 0 saturated heterocycles. The molecule has 0 unspecified atom stereocenters. The number of aromatic nitrogens is 3. The number of halogens is 3. The summed E-state index contributed by atoms with van der Waals surface area (Å²) in [5.74, 6) is -3.70. The highest BCUT2D eigenvalue weighted by Crippen LogP contribution is 2.27. The van der Waals surface area contributed by atoms with E-state index in [4.69, 9.17) is 16.3 Å². The number of fused-ring (bicyclic) bond motifs is 1. The zero-order chi connectivity index (χ0) is 17.7. The molecule has 24 heavy (non-hydrogen) atoms. The van der Waals surface area contributed by atoms with Crippen molar-refractivity contribution in [2.75, 3.05) is 11.9 Å². The topological polar surface area (TPSA) is 77.0 Å². The van der Waals surface area contributed by atoms with Crippen LogP contribution in [0.4, 0.5) is 14.6 Å². The Morgan fingerprint density at radius 3 is 2.83 bits per heavy atom. The van der Waals surface area contributed by atoms with Crippen LogP contribution in [-0.4, -0.2) is 39.5 Å². The molecule has 0 amide bonds. The van der Waals surface area contributed by atoms with E-state index in [1.807, 2.05) is 0 Å². The highest BCUT2D eigenvalue weighted by molar-refractivity contribution is 6.28. The quantitative estimate of drug-likeness (QED) is 0.603. The number of nitrogens with one attached hydrogen (secondary N) is 1. The third-order valence-corrected chi connectivity index (χ3v) is 3.50. The lowest BCUT2D eigenvalue weighted by Crippen LogP contribution is -2.37. The second-order valence-corrected chi connectivity index (χ2v) is 5.41. The Balaban J connectivity index is 2.37. The van der Waals surface area contributed by atoms with E-state index in [0.29, 0.717) is 11.0 Å². The minimum Gasteiger partial charge on any atom is -0.464 e. The fourth-order valence-electron chi connectivity index (χ4n) is 2.08. The summed E-state index contributed by atoms with van der Waals surface area (Å²) in [4.78, 5) is 24.1. The molecule has 0 radical (unpaired) electrons. The van der Waals surface area contributed by atoms with Gasteiger partial charge in [-0.2, -0.15) is 4.98 Å². The van der Waals surface area contributed by atoms with Crippen molar-refractivity contribution >= 4 is 34.4 Å². The van der Waals surface area contributed by atoms with E-state index < -0.39 is 30.8 Å². The second kappa shape index (κ2) is 7.65. The van der Waals surface area contributed by atoms with E-state index in [9.17, 15) is 13.6 Å². The Bertz CT molecular complexity index is 730. The zero-order valence-corrected chi connectivity index (χ0v) is 14.0. The van der Waals surface area contributed by atoms with E-state index in [2.05, 4.69) is 20.3 Å². The number of esters is 1. The lowest BCUT2D eigenvalue weighted by Gasteiger charge is -2.22. The summed E-state index contributed by atoms with van der Waals surface area (Å²) in [5.41, 5.74) is 0.765. The van der Waals surface area contributed by atoms with E-state index in [0.717, 1.165) is 0 Å². The van der Waals surface area contributed by atoms with Crippen LogP contribution >= 0.6 is 11.6 Å². The van der Waals surface area contributed by atoms with Gasteiger partial charge in [0.2, 0.25) is 11.2 Å². The Hall–Kier alpha value is -2.09. The van der Waals surface area contributed by atoms with Gasteiger partial charge in [0.05, 0.1) is 12.1 Å². The number of carbonyl (C=O) groups excluding carboxylic acids is 1. The Kier molecular flexibility index (Phi) is 5.82. The Labute approximate surface area is 142 Å². The van der Waals surface area contributed by atoms with Gasteiger partial charge in [0, 0.05) is 19.0 Å². The predicted octanol–water partition coefficient (Wildman–Crippen LogP) is 3.46. The summed E-state index contributed by atoms with van der Waals surface area (Å²) in [7, 11) is 0. The average molecular weight is 359 g/mol. The lowest BCUT2D eigenvalue weighted by molar-refractivity contribution is -0.146. The van der Waals surface area contributed by atoms with Gasteiger partial charge in [-0.15, -0.1) is 0 Å². The maximum atomic E-state index is 13.8. The molecule has 0 spiro atoms. The highest BCUT2D eigenvalue weighted by atomic mass is 35.5. The molecule has 130 valence electrons. The normalized spacial score (nSPS) is 12.9. The van der Waals surface area contributed by atoms with Crippen molar-refractivity contribution in [1.29, 1.82) is 0 Å². The van der Waals surface area contributed by atoms with Crippen molar-refractivity contribution in [1.82, 2.24) is 15.0 Å². The summed E-state index contributed by atoms with van der Waals surface area (Å²) < 4.78 is 32.4. The average Bonchev–Trinajstić information content (AvgIpc) is 2.54. The molecular weight excluding hydrogens is 342 g/mol. The number of alkyl halides is 2. The molecule has 2 aromatic heterocycles. The molecule has 0 aliphatic rings. The highest BCUT2D eigenvalue weighted by Gasteiger charge is 2.35. The Morgan fingerprint density at radius 2 is 2.17 bits per heavy atom. The van der Waals surface area contributed by atoms with E-state index in [1.165, 1.54) is 13.1 Å². The van der Waals surface area contributed by atoms with Gasteiger partial charge in [-0.1, -0.05) is 6.92 Å². The third kappa shape index (κ3) is 4.47. The van der Waals surface area contributed by atoms with Gasteiger partial charge >= 0.3 is 5.97 Å². The summed E-state index contributed by atoms with van der Waals surface area (Å²) in [6.07, 6.45) is 0.386. The third-order valence-electron chi connectivity index (χ3n) is 3.33. The number of nitrogens with zero attached hydrogens (tertiary/aromatic N) is 3. The molecule has 6 nitrogen and oxygen atoms in total. The van der Waals surface area contributed by atoms with Crippen LogP contribution in [0.25, 0.3) is 11.0 Å². The summed E-state index contributed by atoms with van der Waals surface area (Å²) in [6, 6.07) is 2.03. The van der Waals surface area contributed by atoms with Crippen LogP contribution in [0.5, 0.6) is 0 Å². The summed E-state index contributed by atoms with van der Waals surface area (Å²) >= 11 is 5.85. The minimum absolute atomic E-state index is 0.0807. The number of pyridine rings is 1. The molecule has 2 aromatic rings. The Morgan fingerprint density at radius 1 is 1.42 bits per heavy atom. The molecule has 0 aliphatic heterocycles. The SMILES string of the molecule is CCOC(=O)[C@@H](CC(F)(F)CC)Nc1nc(Cl)nc2cccnc12. The number of carbonyl (C=O) groups is 1. The van der Waals surface area contributed by atoms with Gasteiger partial charge in [0.25, 0.3) is 0 Å². The van der Waals surface area contributed by atoms with Gasteiger partial charge in [-0.05, 0) is 30.7 Å². The van der Waals surface area contributed by atoms with Crippen LogP contribution in [0.15, 0.2) is 18.3 Å². The van der Waals surface area contributed by atoms with Crippen LogP contribution in [0, 0.1) is 0 Å². The van der Waals surface area contributed by atoms with Gasteiger partial charge in [0.1, 0.15) is 11.6 Å². The number of anilines is 1. The van der Waals surface area contributed by atoms with E-state index >= 15 is 0 Å². The molecule has 0 aliphatic carbocycles. The van der Waals surface area contributed by atoms with Crippen LogP contribution in [0.2, 0.25) is 5.28 Å². The maximum Gasteiger partial charge on any atom is 0.328 e. The number of hydrogen-bond acceptors (Lipinski definition) is 6. The zero-order valence-electron chi connectivity index (χ0n) is 13.2. The first kappa shape index (κ1) is 18.3. The molecule has 0 saturated carbocycles. The van der Waals surface area contributed by atoms with Crippen molar-refractivity contribution in [2.24, 2.45) is 0 Å². The molecule has 1 atom stereocenters. The lowest BCUT2D eigenvalue weighted by atomic mass is 10.1. The molecule has 0 bridgehead atoms. The smallest absolute Gasteiger partial charge is 0.328 e. The van der Waals surface area contributed by atoms with Gasteiger partial charge in [-0.25, -0.2) is 18.6 Å². The molecule has 2 heterocycles. The first-order chi connectivity index (χ1) is 11.4. The first-order valence-electron chi connectivity index (χ1n) is 7.45. The van der Waals surface area contributed by atoms with E-state index in [-0.39, 0.29) is 17.7 Å². The van der Waals surface area contributed by atoms with Crippen molar-refractivity contribution in [3.63, 3.8) is 0 Å². The van der Waals surface area contributed by atoms with Crippen LogP contribution in [0.3, 0.4) is 0 Å². The van der Waals surface area contributed by atoms with Crippen molar-refractivity contribution in [3.05, 3.63) is 23.6 Å².